The fourth-order valence-electron chi connectivity index (χ4n) is 7.25. The summed E-state index contributed by atoms with van der Waals surface area (Å²) in [5.41, 5.74) is 6.20. The molecule has 1 saturated heterocycles. The Morgan fingerprint density at radius 3 is 1.64 bits per heavy atom. The fourth-order valence-corrected chi connectivity index (χ4v) is 9.39. The molecule has 9 rings (SSSR count). The highest BCUT2D eigenvalue weighted by molar-refractivity contribution is 9.10. The van der Waals surface area contributed by atoms with Crippen molar-refractivity contribution in [3.8, 4) is 11.1 Å². The summed E-state index contributed by atoms with van der Waals surface area (Å²) < 4.78 is 79.2. The molecule has 0 bridgehead atoms. The number of aromatic nitrogens is 4. The van der Waals surface area contributed by atoms with Crippen molar-refractivity contribution in [3.63, 3.8) is 0 Å². The molecular weight excluding hydrogens is 927 g/mol. The Balaban J connectivity index is 0.000000148. The SMILES string of the molecule is CCS(=O)(=O)NC(c1cncc(-c2ccc3oc(=O)n(C)c3c2)c1)C1CC1.CCS(=O)(=O)NC(c1cncc(Br)c1)C1CC1.Cn1c(=O)oc2ccc(B3OC(C)(C)C(C)(C)O3)cc21. The zero-order chi connectivity index (χ0) is 46.4. The van der Waals surface area contributed by atoms with Crippen molar-refractivity contribution in [1.82, 2.24) is 28.5 Å². The van der Waals surface area contributed by atoms with E-state index in [9.17, 15) is 26.4 Å². The molecule has 342 valence electrons. The van der Waals surface area contributed by atoms with Crippen molar-refractivity contribution in [3.05, 3.63) is 110 Å². The van der Waals surface area contributed by atoms with Gasteiger partial charge in [0.25, 0.3) is 0 Å². The third kappa shape index (κ3) is 10.8. The summed E-state index contributed by atoms with van der Waals surface area (Å²) in [5.74, 6) is 0.0995. The van der Waals surface area contributed by atoms with Gasteiger partial charge in [-0.15, -0.1) is 0 Å². The molecule has 64 heavy (non-hydrogen) atoms. The van der Waals surface area contributed by atoms with E-state index in [0.29, 0.717) is 28.5 Å². The van der Waals surface area contributed by atoms with Crippen LogP contribution in [0.25, 0.3) is 33.3 Å². The van der Waals surface area contributed by atoms with Crippen LogP contribution in [0.15, 0.2) is 96.2 Å². The maximum atomic E-state index is 12.1. The third-order valence-electron chi connectivity index (χ3n) is 12.2. The van der Waals surface area contributed by atoms with Gasteiger partial charge in [0.15, 0.2) is 11.2 Å². The van der Waals surface area contributed by atoms with Crippen LogP contribution < -0.4 is 26.4 Å². The van der Waals surface area contributed by atoms with Gasteiger partial charge in [-0.1, -0.05) is 12.1 Å². The quantitative estimate of drug-likeness (QED) is 0.131. The predicted octanol–water partition coefficient (Wildman–Crippen LogP) is 6.25. The highest BCUT2D eigenvalue weighted by Crippen LogP contribution is 2.43. The largest absolute Gasteiger partial charge is 0.494 e. The lowest BCUT2D eigenvalue weighted by molar-refractivity contribution is 0.00578. The average Bonchev–Trinajstić information content (AvgIpc) is 4.20. The van der Waals surface area contributed by atoms with Gasteiger partial charge in [0.1, 0.15) is 0 Å². The normalized spacial score (nSPS) is 18.0. The van der Waals surface area contributed by atoms with Crippen molar-refractivity contribution in [2.75, 3.05) is 11.5 Å². The third-order valence-corrected chi connectivity index (χ3v) is 15.4. The van der Waals surface area contributed by atoms with Gasteiger partial charge in [-0.25, -0.2) is 35.9 Å². The van der Waals surface area contributed by atoms with E-state index in [1.54, 1.807) is 64.9 Å². The Labute approximate surface area is 381 Å². The fraction of sp³-hybridized carbons (Fsp3) is 0.455. The molecule has 3 aliphatic rings. The van der Waals surface area contributed by atoms with E-state index < -0.39 is 32.9 Å². The number of halogens is 1. The van der Waals surface area contributed by atoms with Crippen molar-refractivity contribution >= 4 is 70.8 Å². The van der Waals surface area contributed by atoms with Crippen molar-refractivity contribution in [2.24, 2.45) is 25.9 Å². The molecule has 3 fully saturated rings. The summed E-state index contributed by atoms with van der Waals surface area (Å²) in [6, 6.07) is 14.5. The number of sulfonamides is 2. The van der Waals surface area contributed by atoms with E-state index in [1.807, 2.05) is 64.1 Å². The van der Waals surface area contributed by atoms with E-state index in [-0.39, 0.29) is 40.5 Å². The molecular formula is C44H54BBrN6O10S2. The Hall–Kier alpha value is -4.44. The van der Waals surface area contributed by atoms with Crippen LogP contribution >= 0.6 is 15.9 Å². The van der Waals surface area contributed by atoms with Crippen LogP contribution in [0.2, 0.25) is 0 Å². The van der Waals surface area contributed by atoms with E-state index in [0.717, 1.165) is 63.4 Å². The topological polar surface area (TPSA) is 207 Å². The summed E-state index contributed by atoms with van der Waals surface area (Å²) >= 11 is 3.36. The van der Waals surface area contributed by atoms with Gasteiger partial charge >= 0.3 is 18.6 Å². The second-order valence-electron chi connectivity index (χ2n) is 17.5. The molecule has 2 aliphatic carbocycles. The molecule has 5 heterocycles. The molecule has 0 radical (unpaired) electrons. The first-order valence-electron chi connectivity index (χ1n) is 21.2. The summed E-state index contributed by atoms with van der Waals surface area (Å²) in [7, 11) is -3.58. The molecule has 4 aromatic heterocycles. The van der Waals surface area contributed by atoms with Gasteiger partial charge < -0.3 is 18.1 Å². The molecule has 2 N–H and O–H groups in total. The number of benzene rings is 2. The number of hydrogen-bond donors (Lipinski definition) is 2. The van der Waals surface area contributed by atoms with Gasteiger partial charge in [-0.05, 0) is 154 Å². The number of nitrogens with one attached hydrogen (secondary N) is 2. The Morgan fingerprint density at radius 2 is 1.16 bits per heavy atom. The number of pyridine rings is 2. The van der Waals surface area contributed by atoms with Crippen LogP contribution in [-0.2, 0) is 43.5 Å². The zero-order valence-electron chi connectivity index (χ0n) is 37.1. The van der Waals surface area contributed by atoms with Crippen LogP contribution in [0.4, 0.5) is 0 Å². The average molecular weight is 982 g/mol. The standard InChI is InChI=1S/C19H21N3O4S.C14H18BNO4.C11H15BrN2O2S/c1-3-27(24,25)21-18(12-4-5-12)15-8-14(10-20-11-15)13-6-7-17-16(9-13)22(2)19(23)26-17;1-13(2)14(3,4)20-15(19-13)9-6-7-11-10(8-9)16(5)12(17)18-11;1-2-17(15,16)14-11(8-3-4-8)9-5-10(12)7-13-6-9/h6-12,18,21H,3-5H2,1-2H3;6-8H,1-5H3;5-8,11,14H,2-4H2,1H3. The molecule has 2 aromatic carbocycles. The number of fused-ring (bicyclic) bond motifs is 2. The van der Waals surface area contributed by atoms with Crippen molar-refractivity contribution in [2.45, 2.75) is 90.5 Å². The van der Waals surface area contributed by atoms with E-state index >= 15 is 0 Å². The van der Waals surface area contributed by atoms with Gasteiger partial charge in [0.2, 0.25) is 20.0 Å². The van der Waals surface area contributed by atoms with Crippen LogP contribution in [0.5, 0.6) is 0 Å². The second-order valence-corrected chi connectivity index (χ2v) is 22.5. The first-order chi connectivity index (χ1) is 30.1. The molecule has 2 atom stereocenters. The number of nitrogens with zero attached hydrogens (tertiary/aromatic N) is 4. The van der Waals surface area contributed by atoms with Crippen molar-refractivity contribution < 1.29 is 35.0 Å². The Bertz CT molecular complexity index is 3000. The first-order valence-corrected chi connectivity index (χ1v) is 25.3. The molecule has 2 saturated carbocycles. The Morgan fingerprint density at radius 1 is 0.688 bits per heavy atom. The second kappa shape index (κ2) is 18.4. The highest BCUT2D eigenvalue weighted by Gasteiger charge is 2.51. The summed E-state index contributed by atoms with van der Waals surface area (Å²) in [4.78, 5) is 31.6. The van der Waals surface area contributed by atoms with Crippen LogP contribution in [-0.4, -0.2) is 65.8 Å². The monoisotopic (exact) mass is 980 g/mol. The number of aryl methyl sites for hydroxylation is 2. The van der Waals surface area contributed by atoms with Crippen LogP contribution in [0, 0.1) is 11.8 Å². The van der Waals surface area contributed by atoms with Gasteiger partial charge in [-0.2, -0.15) is 0 Å². The van der Waals surface area contributed by atoms with Gasteiger partial charge in [0, 0.05) is 48.9 Å². The van der Waals surface area contributed by atoms with E-state index in [1.165, 1.54) is 9.13 Å². The van der Waals surface area contributed by atoms with E-state index in [4.69, 9.17) is 18.1 Å². The lowest BCUT2D eigenvalue weighted by Gasteiger charge is -2.32. The first kappa shape index (κ1) is 47.5. The lowest BCUT2D eigenvalue weighted by Crippen LogP contribution is -2.41. The maximum absolute atomic E-state index is 12.1. The minimum Gasteiger partial charge on any atom is -0.408 e. The van der Waals surface area contributed by atoms with Crippen molar-refractivity contribution in [1.29, 1.82) is 0 Å². The summed E-state index contributed by atoms with van der Waals surface area (Å²) in [6.45, 7) is 11.3. The lowest BCUT2D eigenvalue weighted by atomic mass is 9.79. The Kier molecular flexibility index (Phi) is 13.7. The molecule has 16 nitrogen and oxygen atoms in total. The minimum atomic E-state index is -3.31. The smallest absolute Gasteiger partial charge is 0.408 e. The van der Waals surface area contributed by atoms with Gasteiger partial charge in [-0.3, -0.25) is 19.1 Å². The molecule has 1 aliphatic heterocycles. The molecule has 20 heteroatoms. The summed E-state index contributed by atoms with van der Waals surface area (Å²) in [6.07, 6.45) is 11.0. The summed E-state index contributed by atoms with van der Waals surface area (Å²) in [5, 5.41) is 0. The maximum Gasteiger partial charge on any atom is 0.494 e. The zero-order valence-corrected chi connectivity index (χ0v) is 40.3. The molecule has 0 amide bonds. The minimum absolute atomic E-state index is 0.0501. The molecule has 6 aromatic rings. The predicted molar refractivity (Wildman–Crippen MR) is 250 cm³/mol. The van der Waals surface area contributed by atoms with Crippen LogP contribution in [0.3, 0.4) is 0 Å². The van der Waals surface area contributed by atoms with E-state index in [2.05, 4.69) is 35.3 Å². The number of rotatable bonds is 12. The number of oxazole rings is 2. The number of hydrogen-bond acceptors (Lipinski definition) is 12. The molecule has 0 spiro atoms. The van der Waals surface area contributed by atoms with Crippen LogP contribution in [0.1, 0.15) is 90.4 Å². The highest BCUT2D eigenvalue weighted by atomic mass is 79.9. The van der Waals surface area contributed by atoms with Gasteiger partial charge in [0.05, 0.1) is 45.8 Å². The molecule has 2 unspecified atom stereocenters.